The number of phenols is 1. The average Bonchev–Trinajstić information content (AvgIpc) is 2.90. The van der Waals surface area contributed by atoms with Crippen LogP contribution in [0.4, 0.5) is 0 Å². The quantitative estimate of drug-likeness (QED) is 0.105. The molecule has 2 aromatic carbocycles. The summed E-state index contributed by atoms with van der Waals surface area (Å²) in [6.45, 7) is -3.07. The van der Waals surface area contributed by atoms with E-state index >= 15 is 0 Å². The highest BCUT2D eigenvalue weighted by molar-refractivity contribution is 14.1. The minimum Gasteiger partial charge on any atom is -0.507 e. The van der Waals surface area contributed by atoms with Gasteiger partial charge in [-0.15, -0.1) is 0 Å². The van der Waals surface area contributed by atoms with Gasteiger partial charge in [0.25, 0.3) is 0 Å². The van der Waals surface area contributed by atoms with Crippen LogP contribution in [0.15, 0.2) is 39.3 Å². The molecule has 0 aliphatic rings. The van der Waals surface area contributed by atoms with Crippen molar-refractivity contribution >= 4 is 84.3 Å². The third-order valence-corrected chi connectivity index (χ3v) is 8.24. The number of hydrogen-bond acceptors (Lipinski definition) is 10. The highest BCUT2D eigenvalue weighted by Gasteiger charge is 2.29. The number of carbonyl (C=O) groups is 5. The normalized spacial score (nSPS) is 12.0. The number of carboxylic acid groups (broad SMARTS) is 5. The second kappa shape index (κ2) is 18.2. The van der Waals surface area contributed by atoms with Crippen LogP contribution in [0.25, 0.3) is 0 Å². The van der Waals surface area contributed by atoms with E-state index < -0.39 is 62.1 Å². The van der Waals surface area contributed by atoms with Gasteiger partial charge < -0.3 is 35.4 Å². The Bertz CT molecular complexity index is 1320. The van der Waals surface area contributed by atoms with Gasteiger partial charge in [0.15, 0.2) is 5.75 Å². The van der Waals surface area contributed by atoms with Gasteiger partial charge in [-0.05, 0) is 96.8 Å². The number of hydrogen-bond donors (Lipinski definition) is 6. The number of aliphatic carboxylic acids is 5. The highest BCUT2D eigenvalue weighted by atomic mass is 127. The average molecular weight is 875 g/mol. The lowest BCUT2D eigenvalue weighted by Crippen LogP contribution is -2.50. The van der Waals surface area contributed by atoms with Crippen molar-refractivity contribution in [3.8, 4) is 17.2 Å². The number of ether oxygens (including phenoxy) is 1. The van der Waals surface area contributed by atoms with Crippen molar-refractivity contribution in [1.29, 1.82) is 0 Å². The molecule has 0 radical (unpaired) electrons. The Kier molecular flexibility index (Phi) is 15.4. The molecule has 0 amide bonds. The van der Waals surface area contributed by atoms with Gasteiger partial charge in [0.05, 0.1) is 38.7 Å². The molecule has 0 aromatic heterocycles. The molecule has 0 saturated carbocycles. The number of carboxylic acids is 5. The molecule has 2 rings (SSSR count). The van der Waals surface area contributed by atoms with Crippen molar-refractivity contribution in [2.24, 2.45) is 0 Å². The number of benzene rings is 2. The van der Waals surface area contributed by atoms with E-state index in [-0.39, 0.29) is 38.3 Å². The van der Waals surface area contributed by atoms with Gasteiger partial charge in [-0.25, -0.2) is 0 Å². The molecule has 0 fully saturated rings. The maximum absolute atomic E-state index is 12.6. The molecule has 2 aromatic rings. The monoisotopic (exact) mass is 873 g/mol. The van der Waals surface area contributed by atoms with Crippen LogP contribution in [-0.2, 0) is 30.4 Å². The summed E-state index contributed by atoms with van der Waals surface area (Å²) in [5.41, 5.74) is 0.527. The van der Waals surface area contributed by atoms with E-state index in [1.165, 1.54) is 11.0 Å². The predicted octanol–water partition coefficient (Wildman–Crippen LogP) is 2.55. The van der Waals surface area contributed by atoms with Crippen molar-refractivity contribution in [1.82, 2.24) is 14.7 Å². The first-order chi connectivity index (χ1) is 21.0. The van der Waals surface area contributed by atoms with Gasteiger partial charge in [0.1, 0.15) is 17.5 Å². The molecule has 18 heteroatoms. The summed E-state index contributed by atoms with van der Waals surface area (Å²) in [5.74, 6) is -5.52. The lowest BCUT2D eigenvalue weighted by molar-refractivity contribution is -0.146. The Labute approximate surface area is 287 Å². The van der Waals surface area contributed by atoms with E-state index in [9.17, 15) is 54.6 Å². The molecule has 0 aliphatic heterocycles. The summed E-state index contributed by atoms with van der Waals surface area (Å²) in [6, 6.07) is 6.68. The molecule has 45 heavy (non-hydrogen) atoms. The molecule has 0 heterocycles. The third kappa shape index (κ3) is 13.5. The lowest BCUT2D eigenvalue weighted by Gasteiger charge is -2.32. The van der Waals surface area contributed by atoms with Crippen LogP contribution in [-0.4, -0.2) is 134 Å². The van der Waals surface area contributed by atoms with E-state index in [1.54, 1.807) is 24.3 Å². The first-order valence-electron chi connectivity index (χ1n) is 13.0. The van der Waals surface area contributed by atoms with Gasteiger partial charge in [-0.3, -0.25) is 38.7 Å². The standard InChI is InChI=1S/C27H30Br2IN3O12/c28-17-7-15(8-18(29)26(17)45-16-1-2-21(34)19(30)10-16)9-20(27(43)44)33(5-3-31(11-22(35)36)12-23(37)38)6-4-32(13-24(39)40)14-25(41)42/h1-2,7-8,10,20,34H,3-6,9,11-14H2,(H,35,36)(H,37,38)(H,39,40)(H,41,42)(H,43,44)/t20-/m0/s1. The Hall–Kier alpha value is -3.04. The van der Waals surface area contributed by atoms with Crippen molar-refractivity contribution in [2.45, 2.75) is 12.5 Å². The molecule has 15 nitrogen and oxygen atoms in total. The molecular formula is C27H30Br2IN3O12. The van der Waals surface area contributed by atoms with Crippen molar-refractivity contribution in [3.05, 3.63) is 48.4 Å². The maximum atomic E-state index is 12.6. The summed E-state index contributed by atoms with van der Waals surface area (Å²) in [4.78, 5) is 61.3. The predicted molar refractivity (Wildman–Crippen MR) is 173 cm³/mol. The fourth-order valence-electron chi connectivity index (χ4n) is 4.25. The van der Waals surface area contributed by atoms with E-state index in [2.05, 4.69) is 31.9 Å². The van der Waals surface area contributed by atoms with Crippen LogP contribution in [0.1, 0.15) is 5.56 Å². The fourth-order valence-corrected chi connectivity index (χ4v) is 6.18. The van der Waals surface area contributed by atoms with E-state index in [4.69, 9.17) is 4.74 Å². The SMILES string of the molecule is O=C(O)CN(CCN(CCN(CC(=O)O)CC(=O)O)[C@@H](Cc1cc(Br)c(Oc2ccc(O)c(I)c2)c(Br)c1)C(=O)O)CC(=O)O. The van der Waals surface area contributed by atoms with Crippen LogP contribution in [0.3, 0.4) is 0 Å². The first kappa shape index (κ1) is 38.1. The summed E-state index contributed by atoms with van der Waals surface area (Å²) < 4.78 is 7.44. The number of phenolic OH excluding ortho intramolecular Hbond substituents is 1. The molecule has 0 bridgehead atoms. The Morgan fingerprint density at radius 2 is 1.18 bits per heavy atom. The molecule has 246 valence electrons. The molecule has 0 spiro atoms. The summed E-state index contributed by atoms with van der Waals surface area (Å²) in [7, 11) is 0. The molecular weight excluding hydrogens is 845 g/mol. The molecule has 1 atom stereocenters. The van der Waals surface area contributed by atoms with Gasteiger partial charge in [0.2, 0.25) is 0 Å². The number of rotatable bonds is 20. The zero-order valence-corrected chi connectivity index (χ0v) is 28.8. The summed E-state index contributed by atoms with van der Waals surface area (Å²) in [5, 5.41) is 56.8. The Balaban J connectivity index is 2.38. The van der Waals surface area contributed by atoms with Crippen LogP contribution >= 0.6 is 54.5 Å². The smallest absolute Gasteiger partial charge is 0.321 e. The lowest BCUT2D eigenvalue weighted by atomic mass is 10.0. The summed E-state index contributed by atoms with van der Waals surface area (Å²) in [6.07, 6.45) is -0.0976. The van der Waals surface area contributed by atoms with Gasteiger partial charge >= 0.3 is 29.8 Å². The van der Waals surface area contributed by atoms with Gasteiger partial charge in [0, 0.05) is 26.2 Å². The zero-order valence-electron chi connectivity index (χ0n) is 23.4. The van der Waals surface area contributed by atoms with E-state index in [0.29, 0.717) is 29.6 Å². The van der Waals surface area contributed by atoms with Crippen LogP contribution in [0, 0.1) is 3.57 Å². The number of nitrogens with zero attached hydrogens (tertiary/aromatic N) is 3. The fraction of sp³-hybridized carbons (Fsp3) is 0.370. The van der Waals surface area contributed by atoms with Crippen molar-refractivity contribution < 1.29 is 59.3 Å². The van der Waals surface area contributed by atoms with E-state index in [1.807, 2.05) is 22.6 Å². The van der Waals surface area contributed by atoms with Crippen molar-refractivity contribution in [2.75, 3.05) is 52.4 Å². The Morgan fingerprint density at radius 1 is 0.733 bits per heavy atom. The Morgan fingerprint density at radius 3 is 1.56 bits per heavy atom. The maximum Gasteiger partial charge on any atom is 0.321 e. The van der Waals surface area contributed by atoms with Crippen LogP contribution in [0.5, 0.6) is 17.2 Å². The molecule has 6 N–H and O–H groups in total. The minimum atomic E-state index is -1.29. The van der Waals surface area contributed by atoms with Crippen molar-refractivity contribution in [3.63, 3.8) is 0 Å². The topological polar surface area (TPSA) is 226 Å². The summed E-state index contributed by atoms with van der Waals surface area (Å²) >= 11 is 8.83. The molecule has 0 saturated heterocycles. The second-order valence-corrected chi connectivity index (χ2v) is 12.6. The van der Waals surface area contributed by atoms with Crippen LogP contribution in [0.2, 0.25) is 0 Å². The van der Waals surface area contributed by atoms with E-state index in [0.717, 1.165) is 9.80 Å². The van der Waals surface area contributed by atoms with Gasteiger partial charge in [-0.2, -0.15) is 0 Å². The highest BCUT2D eigenvalue weighted by Crippen LogP contribution is 2.39. The third-order valence-electron chi connectivity index (χ3n) is 6.19. The van der Waals surface area contributed by atoms with Crippen LogP contribution < -0.4 is 4.74 Å². The largest absolute Gasteiger partial charge is 0.507 e. The number of aromatic hydroxyl groups is 1. The minimum absolute atomic E-state index is 0.0868. The second-order valence-electron chi connectivity index (χ2n) is 9.69. The molecule has 0 aliphatic carbocycles. The first-order valence-corrected chi connectivity index (χ1v) is 15.6. The zero-order chi connectivity index (χ0) is 33.8. The van der Waals surface area contributed by atoms with Gasteiger partial charge in [-0.1, -0.05) is 0 Å². The number of halogens is 3. The molecule has 0 unspecified atom stereocenters.